The van der Waals surface area contributed by atoms with Gasteiger partial charge in [0.1, 0.15) is 15.5 Å². The van der Waals surface area contributed by atoms with Gasteiger partial charge >= 0.3 is 0 Å². The highest BCUT2D eigenvalue weighted by atomic mass is 32.2. The van der Waals surface area contributed by atoms with E-state index in [0.717, 1.165) is 0 Å². The van der Waals surface area contributed by atoms with Crippen molar-refractivity contribution in [1.29, 1.82) is 0 Å². The summed E-state index contributed by atoms with van der Waals surface area (Å²) in [6.07, 6.45) is 1.41. The lowest BCUT2D eigenvalue weighted by Crippen LogP contribution is -2.22. The van der Waals surface area contributed by atoms with Crippen LogP contribution in [0.25, 0.3) is 0 Å². The molecule has 1 heterocycles. The fourth-order valence-corrected chi connectivity index (χ4v) is 1.76. The molecule has 0 aromatic carbocycles. The maximum absolute atomic E-state index is 11.2. The fraction of sp³-hybridized carbons (Fsp3) is 0.333. The molecule has 1 amide bonds. The van der Waals surface area contributed by atoms with Crippen LogP contribution < -0.4 is 0 Å². The van der Waals surface area contributed by atoms with Crippen LogP contribution in [0.5, 0.6) is 0 Å². The number of thioether (sulfide) groups is 1. The van der Waals surface area contributed by atoms with Crippen LogP contribution >= 0.6 is 24.0 Å². The summed E-state index contributed by atoms with van der Waals surface area (Å²) in [5, 5.41) is 0. The molecule has 0 N–H and O–H groups in total. The molecular formula is C6H7NO2S2. The number of likely N-dealkylation sites (N-methyl/N-ethyl adjacent to an activating group) is 1. The molecule has 0 aromatic rings. The van der Waals surface area contributed by atoms with Gasteiger partial charge in [-0.1, -0.05) is 24.0 Å². The Kier molecular flexibility index (Phi) is 2.51. The van der Waals surface area contributed by atoms with E-state index in [9.17, 15) is 4.79 Å². The molecule has 3 nitrogen and oxygen atoms in total. The maximum atomic E-state index is 11.2. The number of nitrogens with zero attached hydrogens (tertiary/aromatic N) is 1. The van der Waals surface area contributed by atoms with Crippen LogP contribution in [-0.2, 0) is 9.53 Å². The molecule has 1 fully saturated rings. The number of rotatable bonds is 1. The lowest BCUT2D eigenvalue weighted by atomic mass is 10.5. The molecule has 0 bridgehead atoms. The lowest BCUT2D eigenvalue weighted by Gasteiger charge is -2.03. The van der Waals surface area contributed by atoms with Gasteiger partial charge in [0, 0.05) is 7.05 Å². The number of thiocarbonyl (C=S) groups is 1. The van der Waals surface area contributed by atoms with Crippen molar-refractivity contribution in [2.24, 2.45) is 0 Å². The quantitative estimate of drug-likeness (QED) is 0.349. The van der Waals surface area contributed by atoms with Crippen LogP contribution in [0.4, 0.5) is 0 Å². The predicted molar refractivity (Wildman–Crippen MR) is 48.1 cm³/mol. The van der Waals surface area contributed by atoms with Gasteiger partial charge in [-0.2, -0.15) is 0 Å². The van der Waals surface area contributed by atoms with Crippen LogP contribution in [0.15, 0.2) is 11.2 Å². The van der Waals surface area contributed by atoms with Gasteiger partial charge in [0.05, 0.1) is 7.11 Å². The summed E-state index contributed by atoms with van der Waals surface area (Å²) < 4.78 is 5.27. The number of amides is 1. The lowest BCUT2D eigenvalue weighted by molar-refractivity contribution is -0.121. The van der Waals surface area contributed by atoms with Crippen molar-refractivity contribution in [1.82, 2.24) is 4.90 Å². The van der Waals surface area contributed by atoms with Crippen LogP contribution in [-0.4, -0.2) is 29.3 Å². The molecule has 1 saturated heterocycles. The third-order valence-corrected chi connectivity index (χ3v) is 2.67. The maximum Gasteiger partial charge on any atom is 0.269 e. The average Bonchev–Trinajstić information content (AvgIpc) is 2.19. The molecule has 0 atom stereocenters. The monoisotopic (exact) mass is 189 g/mol. The van der Waals surface area contributed by atoms with Crippen molar-refractivity contribution < 1.29 is 9.53 Å². The SMILES string of the molecule is CO/C=C1\SC(=S)N(C)C1=O. The molecule has 1 rings (SSSR count). The molecule has 1 aliphatic heterocycles. The van der Waals surface area contributed by atoms with E-state index >= 15 is 0 Å². The molecule has 60 valence electrons. The normalized spacial score (nSPS) is 21.6. The predicted octanol–water partition coefficient (Wildman–Crippen LogP) is 0.964. The Balaban J connectivity index is 2.83. The summed E-state index contributed by atoms with van der Waals surface area (Å²) in [7, 11) is 3.15. The second-order valence-corrected chi connectivity index (χ2v) is 3.63. The molecule has 5 heteroatoms. The minimum atomic E-state index is -0.0955. The topological polar surface area (TPSA) is 29.5 Å². The summed E-state index contributed by atoms with van der Waals surface area (Å²) in [5.41, 5.74) is 0. The van der Waals surface area contributed by atoms with E-state index in [1.807, 2.05) is 0 Å². The number of carbonyl (C=O) groups is 1. The number of hydrogen-bond acceptors (Lipinski definition) is 4. The largest absolute Gasteiger partial charge is 0.503 e. The second kappa shape index (κ2) is 3.23. The number of carbonyl (C=O) groups excluding carboxylic acids is 1. The molecule has 0 spiro atoms. The zero-order chi connectivity index (χ0) is 8.43. The van der Waals surface area contributed by atoms with Crippen molar-refractivity contribution in [3.8, 4) is 0 Å². The first-order valence-corrected chi connectivity index (χ1v) is 4.12. The Morgan fingerprint density at radius 3 is 2.73 bits per heavy atom. The zero-order valence-electron chi connectivity index (χ0n) is 6.16. The van der Waals surface area contributed by atoms with Gasteiger partial charge in [-0.25, -0.2) is 0 Å². The summed E-state index contributed by atoms with van der Waals surface area (Å²) in [6.45, 7) is 0. The van der Waals surface area contributed by atoms with E-state index in [1.54, 1.807) is 7.05 Å². The van der Waals surface area contributed by atoms with Gasteiger partial charge < -0.3 is 4.74 Å². The molecule has 0 aliphatic carbocycles. The van der Waals surface area contributed by atoms with Crippen LogP contribution in [0.1, 0.15) is 0 Å². The highest BCUT2D eigenvalue weighted by molar-refractivity contribution is 8.26. The molecule has 0 saturated carbocycles. The zero-order valence-corrected chi connectivity index (χ0v) is 7.79. The van der Waals surface area contributed by atoms with Crippen molar-refractivity contribution >= 4 is 34.2 Å². The third-order valence-electron chi connectivity index (χ3n) is 1.21. The van der Waals surface area contributed by atoms with Crippen molar-refractivity contribution in [2.45, 2.75) is 0 Å². The summed E-state index contributed by atoms with van der Waals surface area (Å²) >= 11 is 6.13. The van der Waals surface area contributed by atoms with Gasteiger partial charge in [-0.15, -0.1) is 0 Å². The standard InChI is InChI=1S/C6H7NO2S2/c1-7-5(8)4(3-9-2)11-6(7)10/h3H,1-2H3/b4-3-. The highest BCUT2D eigenvalue weighted by Crippen LogP contribution is 2.29. The van der Waals surface area contributed by atoms with E-state index in [4.69, 9.17) is 17.0 Å². The molecule has 0 unspecified atom stereocenters. The molecule has 0 radical (unpaired) electrons. The number of ether oxygens (including phenoxy) is 1. The first kappa shape index (κ1) is 8.55. The second-order valence-electron chi connectivity index (χ2n) is 1.95. The average molecular weight is 189 g/mol. The molecule has 11 heavy (non-hydrogen) atoms. The smallest absolute Gasteiger partial charge is 0.269 e. The van der Waals surface area contributed by atoms with Crippen LogP contribution in [0.2, 0.25) is 0 Å². The Hall–Kier alpha value is -0.550. The summed E-state index contributed by atoms with van der Waals surface area (Å²) in [6, 6.07) is 0. The fourth-order valence-electron chi connectivity index (χ4n) is 0.636. The van der Waals surface area contributed by atoms with E-state index in [1.165, 1.54) is 30.0 Å². The summed E-state index contributed by atoms with van der Waals surface area (Å²) in [5.74, 6) is -0.0955. The van der Waals surface area contributed by atoms with E-state index in [-0.39, 0.29) is 5.91 Å². The minimum Gasteiger partial charge on any atom is -0.503 e. The van der Waals surface area contributed by atoms with Crippen molar-refractivity contribution in [3.63, 3.8) is 0 Å². The first-order valence-electron chi connectivity index (χ1n) is 2.89. The highest BCUT2D eigenvalue weighted by Gasteiger charge is 2.28. The minimum absolute atomic E-state index is 0.0955. The van der Waals surface area contributed by atoms with E-state index in [2.05, 4.69) is 0 Å². The van der Waals surface area contributed by atoms with Crippen molar-refractivity contribution in [3.05, 3.63) is 11.2 Å². The van der Waals surface area contributed by atoms with Crippen LogP contribution in [0.3, 0.4) is 0 Å². The molecule has 1 aliphatic rings. The molecule has 0 aromatic heterocycles. The molecular weight excluding hydrogens is 182 g/mol. The van der Waals surface area contributed by atoms with Gasteiger partial charge in [0.15, 0.2) is 0 Å². The van der Waals surface area contributed by atoms with E-state index in [0.29, 0.717) is 9.23 Å². The van der Waals surface area contributed by atoms with Gasteiger partial charge in [-0.3, -0.25) is 9.69 Å². The van der Waals surface area contributed by atoms with Gasteiger partial charge in [-0.05, 0) is 0 Å². The van der Waals surface area contributed by atoms with Gasteiger partial charge in [0.2, 0.25) is 0 Å². The number of methoxy groups -OCH3 is 1. The Bertz CT molecular complexity index is 237. The number of hydrogen-bond donors (Lipinski definition) is 0. The first-order chi connectivity index (χ1) is 5.16. The van der Waals surface area contributed by atoms with Crippen molar-refractivity contribution in [2.75, 3.05) is 14.2 Å². The van der Waals surface area contributed by atoms with E-state index < -0.39 is 0 Å². The Labute approximate surface area is 74.4 Å². The summed E-state index contributed by atoms with van der Waals surface area (Å²) in [4.78, 5) is 13.1. The van der Waals surface area contributed by atoms with Gasteiger partial charge in [0.25, 0.3) is 5.91 Å². The van der Waals surface area contributed by atoms with Crippen LogP contribution in [0, 0.1) is 0 Å². The Morgan fingerprint density at radius 1 is 1.73 bits per heavy atom. The Morgan fingerprint density at radius 2 is 2.36 bits per heavy atom. The third kappa shape index (κ3) is 1.54.